The largest absolute Gasteiger partial charge is 0.347 e. The molecule has 1 rings (SSSR count). The zero-order valence-corrected chi connectivity index (χ0v) is 12.1. The molecule has 0 bridgehead atoms. The topological polar surface area (TPSA) is 57.8 Å². The van der Waals surface area contributed by atoms with Crippen molar-refractivity contribution < 1.29 is 4.79 Å². The lowest BCUT2D eigenvalue weighted by Crippen LogP contribution is -2.32. The molecule has 2 unspecified atom stereocenters. The van der Waals surface area contributed by atoms with Crippen LogP contribution < -0.4 is 5.32 Å². The van der Waals surface area contributed by atoms with Gasteiger partial charge in [0.1, 0.15) is 5.82 Å². The SMILES string of the molecule is CCC(NC(=O)CC(C)C(C)(C)C)c1ncc[nH]1. The van der Waals surface area contributed by atoms with Gasteiger partial charge >= 0.3 is 0 Å². The van der Waals surface area contributed by atoms with E-state index in [2.05, 4.69) is 43.0 Å². The third-order valence-corrected chi connectivity index (χ3v) is 3.56. The van der Waals surface area contributed by atoms with E-state index in [0.717, 1.165) is 12.2 Å². The minimum absolute atomic E-state index is 0.0142. The van der Waals surface area contributed by atoms with Crippen LogP contribution in [-0.4, -0.2) is 15.9 Å². The minimum Gasteiger partial charge on any atom is -0.347 e. The van der Waals surface area contributed by atoms with Gasteiger partial charge in [-0.3, -0.25) is 4.79 Å². The summed E-state index contributed by atoms with van der Waals surface area (Å²) in [6, 6.07) is -0.0142. The summed E-state index contributed by atoms with van der Waals surface area (Å²) in [5, 5.41) is 3.04. The Morgan fingerprint density at radius 2 is 2.17 bits per heavy atom. The summed E-state index contributed by atoms with van der Waals surface area (Å²) in [6.45, 7) is 10.6. The molecule has 102 valence electrons. The Hall–Kier alpha value is -1.32. The summed E-state index contributed by atoms with van der Waals surface area (Å²) in [4.78, 5) is 19.3. The number of hydrogen-bond donors (Lipinski definition) is 2. The Balaban J connectivity index is 2.54. The van der Waals surface area contributed by atoms with Crippen LogP contribution in [0.5, 0.6) is 0 Å². The molecule has 0 aliphatic carbocycles. The van der Waals surface area contributed by atoms with E-state index in [9.17, 15) is 4.79 Å². The van der Waals surface area contributed by atoms with Gasteiger partial charge in [0.2, 0.25) is 5.91 Å². The molecule has 0 aliphatic heterocycles. The first-order chi connectivity index (χ1) is 8.34. The van der Waals surface area contributed by atoms with Gasteiger partial charge in [-0.05, 0) is 17.8 Å². The highest BCUT2D eigenvalue weighted by Crippen LogP contribution is 2.28. The normalized spacial score (nSPS) is 15.2. The van der Waals surface area contributed by atoms with Crippen molar-refractivity contribution in [3.63, 3.8) is 0 Å². The summed E-state index contributed by atoms with van der Waals surface area (Å²) in [6.07, 6.45) is 4.88. The van der Waals surface area contributed by atoms with E-state index in [-0.39, 0.29) is 17.4 Å². The molecule has 1 amide bonds. The molecule has 0 spiro atoms. The number of carbonyl (C=O) groups is 1. The van der Waals surface area contributed by atoms with Crippen molar-refractivity contribution in [2.75, 3.05) is 0 Å². The molecule has 0 saturated heterocycles. The summed E-state index contributed by atoms with van der Waals surface area (Å²) in [5.74, 6) is 1.28. The fourth-order valence-electron chi connectivity index (χ4n) is 1.67. The van der Waals surface area contributed by atoms with Gasteiger partial charge in [0.05, 0.1) is 6.04 Å². The fourth-order valence-corrected chi connectivity index (χ4v) is 1.67. The monoisotopic (exact) mass is 251 g/mol. The molecule has 0 aromatic carbocycles. The van der Waals surface area contributed by atoms with Crippen LogP contribution >= 0.6 is 0 Å². The van der Waals surface area contributed by atoms with E-state index in [1.54, 1.807) is 12.4 Å². The number of nitrogens with zero attached hydrogens (tertiary/aromatic N) is 1. The Labute approximate surface area is 110 Å². The number of hydrogen-bond acceptors (Lipinski definition) is 2. The molecule has 0 radical (unpaired) electrons. The molecular weight excluding hydrogens is 226 g/mol. The number of amides is 1. The predicted molar refractivity (Wildman–Crippen MR) is 73.0 cm³/mol. The molecule has 2 N–H and O–H groups in total. The molecule has 2 atom stereocenters. The predicted octanol–water partition coefficient (Wildman–Crippen LogP) is 3.05. The highest BCUT2D eigenvalue weighted by Gasteiger charge is 2.24. The second-order valence-electron chi connectivity index (χ2n) is 5.97. The molecule has 1 heterocycles. The van der Waals surface area contributed by atoms with Crippen molar-refractivity contribution in [1.82, 2.24) is 15.3 Å². The van der Waals surface area contributed by atoms with Crippen LogP contribution in [0, 0.1) is 11.3 Å². The lowest BCUT2D eigenvalue weighted by molar-refractivity contribution is -0.123. The van der Waals surface area contributed by atoms with Gasteiger partial charge in [-0.1, -0.05) is 34.6 Å². The number of nitrogens with one attached hydrogen (secondary N) is 2. The lowest BCUT2D eigenvalue weighted by Gasteiger charge is -2.27. The molecule has 0 fully saturated rings. The third-order valence-electron chi connectivity index (χ3n) is 3.56. The smallest absolute Gasteiger partial charge is 0.220 e. The van der Waals surface area contributed by atoms with E-state index in [1.807, 2.05) is 6.92 Å². The van der Waals surface area contributed by atoms with Gasteiger partial charge in [-0.15, -0.1) is 0 Å². The summed E-state index contributed by atoms with van der Waals surface area (Å²) < 4.78 is 0. The van der Waals surface area contributed by atoms with E-state index in [1.165, 1.54) is 0 Å². The van der Waals surface area contributed by atoms with E-state index < -0.39 is 0 Å². The highest BCUT2D eigenvalue weighted by molar-refractivity contribution is 5.76. The summed E-state index contributed by atoms with van der Waals surface area (Å²) >= 11 is 0. The zero-order chi connectivity index (χ0) is 13.8. The Bertz CT molecular complexity index is 365. The van der Waals surface area contributed by atoms with Crippen molar-refractivity contribution in [1.29, 1.82) is 0 Å². The van der Waals surface area contributed by atoms with Crippen molar-refractivity contribution in [2.24, 2.45) is 11.3 Å². The second-order valence-corrected chi connectivity index (χ2v) is 5.97. The average Bonchev–Trinajstić information content (AvgIpc) is 2.77. The van der Waals surface area contributed by atoms with Crippen LogP contribution in [0.3, 0.4) is 0 Å². The Kier molecular flexibility index (Phi) is 4.93. The van der Waals surface area contributed by atoms with Crippen molar-refractivity contribution in [3.8, 4) is 0 Å². The van der Waals surface area contributed by atoms with Crippen LogP contribution in [0.1, 0.15) is 59.3 Å². The van der Waals surface area contributed by atoms with Crippen LogP contribution in [0.15, 0.2) is 12.4 Å². The van der Waals surface area contributed by atoms with E-state index in [0.29, 0.717) is 12.3 Å². The van der Waals surface area contributed by atoms with E-state index in [4.69, 9.17) is 0 Å². The number of aromatic nitrogens is 2. The molecule has 1 aromatic heterocycles. The fraction of sp³-hybridized carbons (Fsp3) is 0.714. The molecular formula is C14H25N3O. The van der Waals surface area contributed by atoms with Crippen LogP contribution in [0.2, 0.25) is 0 Å². The minimum atomic E-state index is -0.0142. The standard InChI is InChI=1S/C14H25N3O/c1-6-11(13-15-7-8-16-13)17-12(18)9-10(2)14(3,4)5/h7-8,10-11H,6,9H2,1-5H3,(H,15,16)(H,17,18). The molecule has 1 aromatic rings. The van der Waals surface area contributed by atoms with Gasteiger partial charge in [0.25, 0.3) is 0 Å². The quantitative estimate of drug-likeness (QED) is 0.845. The third kappa shape index (κ3) is 4.17. The molecule has 0 aliphatic rings. The van der Waals surface area contributed by atoms with Crippen LogP contribution in [-0.2, 0) is 4.79 Å². The van der Waals surface area contributed by atoms with Crippen molar-refractivity contribution in [2.45, 2.75) is 53.5 Å². The first-order valence-electron chi connectivity index (χ1n) is 6.63. The van der Waals surface area contributed by atoms with Gasteiger partial charge in [-0.2, -0.15) is 0 Å². The maximum atomic E-state index is 12.0. The van der Waals surface area contributed by atoms with Crippen LogP contribution in [0.25, 0.3) is 0 Å². The van der Waals surface area contributed by atoms with Crippen LogP contribution in [0.4, 0.5) is 0 Å². The zero-order valence-electron chi connectivity index (χ0n) is 12.1. The van der Waals surface area contributed by atoms with Crippen molar-refractivity contribution >= 4 is 5.91 Å². The first kappa shape index (κ1) is 14.7. The first-order valence-corrected chi connectivity index (χ1v) is 6.63. The summed E-state index contributed by atoms with van der Waals surface area (Å²) in [7, 11) is 0. The highest BCUT2D eigenvalue weighted by atomic mass is 16.1. The molecule has 4 nitrogen and oxygen atoms in total. The number of H-pyrrole nitrogens is 1. The maximum Gasteiger partial charge on any atom is 0.220 e. The number of aromatic amines is 1. The molecule has 0 saturated carbocycles. The average molecular weight is 251 g/mol. The number of rotatable bonds is 5. The van der Waals surface area contributed by atoms with Gasteiger partial charge in [-0.25, -0.2) is 4.98 Å². The summed E-state index contributed by atoms with van der Waals surface area (Å²) in [5.41, 5.74) is 0.156. The van der Waals surface area contributed by atoms with Crippen molar-refractivity contribution in [3.05, 3.63) is 18.2 Å². The molecule has 4 heteroatoms. The van der Waals surface area contributed by atoms with Gasteiger partial charge < -0.3 is 10.3 Å². The maximum absolute atomic E-state index is 12.0. The Morgan fingerprint density at radius 3 is 2.61 bits per heavy atom. The number of carbonyl (C=O) groups excluding carboxylic acids is 1. The molecule has 18 heavy (non-hydrogen) atoms. The van der Waals surface area contributed by atoms with Gasteiger partial charge in [0.15, 0.2) is 0 Å². The van der Waals surface area contributed by atoms with Gasteiger partial charge in [0, 0.05) is 18.8 Å². The lowest BCUT2D eigenvalue weighted by atomic mass is 9.80. The number of imidazole rings is 1. The second kappa shape index (κ2) is 6.03. The van der Waals surface area contributed by atoms with E-state index >= 15 is 0 Å². The Morgan fingerprint density at radius 1 is 1.50 bits per heavy atom.